The van der Waals surface area contributed by atoms with Crippen LogP contribution in [0, 0.1) is 0 Å². The van der Waals surface area contributed by atoms with Gasteiger partial charge >= 0.3 is 0 Å². The normalized spacial score (nSPS) is 22.0. The number of likely N-dealkylation sites (N-methyl/N-ethyl adjacent to an activating group) is 1. The Morgan fingerprint density at radius 2 is 2.04 bits per heavy atom. The smallest absolute Gasteiger partial charge is 0.256 e. The number of carbonyl (C=O) groups is 1. The summed E-state index contributed by atoms with van der Waals surface area (Å²) in [4.78, 5) is 16.7. The summed E-state index contributed by atoms with van der Waals surface area (Å²) >= 11 is 0. The maximum atomic E-state index is 13.0. The van der Waals surface area contributed by atoms with E-state index in [0.717, 1.165) is 12.0 Å². The summed E-state index contributed by atoms with van der Waals surface area (Å²) in [5.74, 6) is -0.0875. The van der Waals surface area contributed by atoms with Crippen LogP contribution in [0.2, 0.25) is 0 Å². The first kappa shape index (κ1) is 18.7. The summed E-state index contributed by atoms with van der Waals surface area (Å²) < 4.78 is 0. The molecule has 1 aliphatic rings. The van der Waals surface area contributed by atoms with Gasteiger partial charge in [-0.1, -0.05) is 32.9 Å². The summed E-state index contributed by atoms with van der Waals surface area (Å²) in [5.41, 5.74) is 7.41. The Bertz CT molecular complexity index is 607. The molecule has 0 aromatic heterocycles. The number of anilines is 1. The van der Waals surface area contributed by atoms with Gasteiger partial charge in [0.2, 0.25) is 0 Å². The zero-order chi connectivity index (χ0) is 18.1. The molecule has 1 aromatic carbocycles. The van der Waals surface area contributed by atoms with E-state index in [1.54, 1.807) is 11.0 Å². The lowest BCUT2D eigenvalue weighted by Gasteiger charge is -2.40. The van der Waals surface area contributed by atoms with Crippen molar-refractivity contribution in [3.8, 4) is 0 Å². The third kappa shape index (κ3) is 4.08. The van der Waals surface area contributed by atoms with Crippen LogP contribution in [0.5, 0.6) is 0 Å². The van der Waals surface area contributed by atoms with Crippen molar-refractivity contribution in [2.75, 3.05) is 39.5 Å². The lowest BCUT2D eigenvalue weighted by Crippen LogP contribution is -2.54. The molecule has 1 heterocycles. The van der Waals surface area contributed by atoms with Crippen molar-refractivity contribution in [2.24, 2.45) is 0 Å². The number of hydrogen-bond donors (Lipinski definition) is 2. The number of likely N-dealkylation sites (tertiary alicyclic amines) is 1. The third-order valence-corrected chi connectivity index (χ3v) is 4.60. The molecule has 0 spiro atoms. The largest absolute Gasteiger partial charge is 0.398 e. The highest BCUT2D eigenvalue weighted by Gasteiger charge is 2.36. The zero-order valence-electron chi connectivity index (χ0n) is 15.6. The van der Waals surface area contributed by atoms with Crippen LogP contribution >= 0.6 is 0 Å². The molecule has 1 saturated heterocycles. The number of β-amino-alcohol motifs (C(OH)–C–C–N with tert-alkyl or cyclic N) is 1. The average molecular weight is 333 g/mol. The average Bonchev–Trinajstić information content (AvgIpc) is 2.44. The highest BCUT2D eigenvalue weighted by atomic mass is 16.3. The van der Waals surface area contributed by atoms with E-state index in [-0.39, 0.29) is 11.3 Å². The van der Waals surface area contributed by atoms with Gasteiger partial charge in [0.15, 0.2) is 0 Å². The Morgan fingerprint density at radius 3 is 2.62 bits per heavy atom. The van der Waals surface area contributed by atoms with E-state index >= 15 is 0 Å². The van der Waals surface area contributed by atoms with Crippen LogP contribution in [0.15, 0.2) is 18.2 Å². The zero-order valence-corrected chi connectivity index (χ0v) is 15.6. The molecular formula is C19H31N3O2. The van der Waals surface area contributed by atoms with Gasteiger partial charge in [0, 0.05) is 18.8 Å². The van der Waals surface area contributed by atoms with Gasteiger partial charge in [0.25, 0.3) is 5.91 Å². The minimum absolute atomic E-state index is 0.0875. The molecule has 0 saturated carbocycles. The number of carbonyl (C=O) groups excluding carboxylic acids is 1. The molecule has 1 aliphatic heterocycles. The fourth-order valence-corrected chi connectivity index (χ4v) is 3.58. The Labute approximate surface area is 145 Å². The van der Waals surface area contributed by atoms with Crippen molar-refractivity contribution in [1.29, 1.82) is 0 Å². The van der Waals surface area contributed by atoms with Crippen LogP contribution < -0.4 is 5.73 Å². The number of amides is 1. The minimum atomic E-state index is -0.853. The molecule has 3 N–H and O–H groups in total. The minimum Gasteiger partial charge on any atom is -0.398 e. The van der Waals surface area contributed by atoms with E-state index in [9.17, 15) is 9.90 Å². The molecule has 0 radical (unpaired) electrons. The fourth-order valence-electron chi connectivity index (χ4n) is 3.58. The quantitative estimate of drug-likeness (QED) is 0.831. The van der Waals surface area contributed by atoms with E-state index in [2.05, 4.69) is 20.8 Å². The lowest BCUT2D eigenvalue weighted by molar-refractivity contribution is -0.0391. The van der Waals surface area contributed by atoms with Gasteiger partial charge in [-0.15, -0.1) is 0 Å². The highest BCUT2D eigenvalue weighted by molar-refractivity contribution is 6.00. The van der Waals surface area contributed by atoms with Gasteiger partial charge in [-0.2, -0.15) is 0 Å². The van der Waals surface area contributed by atoms with Crippen LogP contribution in [-0.4, -0.2) is 60.1 Å². The number of nitrogens with two attached hydrogens (primary N) is 1. The second-order valence-corrected chi connectivity index (χ2v) is 8.31. The molecule has 0 aliphatic carbocycles. The molecule has 2 rings (SSSR count). The number of rotatable bonds is 3. The Hall–Kier alpha value is -1.59. The first-order valence-electron chi connectivity index (χ1n) is 8.59. The number of hydrogen-bond acceptors (Lipinski definition) is 4. The van der Waals surface area contributed by atoms with Crippen LogP contribution in [0.3, 0.4) is 0 Å². The van der Waals surface area contributed by atoms with Crippen molar-refractivity contribution in [3.05, 3.63) is 29.3 Å². The van der Waals surface area contributed by atoms with Crippen molar-refractivity contribution in [1.82, 2.24) is 9.80 Å². The molecule has 24 heavy (non-hydrogen) atoms. The van der Waals surface area contributed by atoms with Crippen LogP contribution in [0.4, 0.5) is 5.69 Å². The summed E-state index contributed by atoms with van der Waals surface area (Å²) in [6.45, 7) is 7.82. The number of aliphatic hydroxyl groups is 1. The lowest BCUT2D eigenvalue weighted by atomic mass is 9.84. The number of benzene rings is 1. The monoisotopic (exact) mass is 333 g/mol. The van der Waals surface area contributed by atoms with E-state index in [1.165, 1.54) is 0 Å². The predicted octanol–water partition coefficient (Wildman–Crippen LogP) is 2.09. The van der Waals surface area contributed by atoms with E-state index in [0.29, 0.717) is 37.3 Å². The maximum Gasteiger partial charge on any atom is 0.256 e. The number of nitrogen functional groups attached to an aromatic ring is 1. The van der Waals surface area contributed by atoms with Crippen molar-refractivity contribution >= 4 is 11.6 Å². The van der Waals surface area contributed by atoms with Gasteiger partial charge < -0.3 is 20.6 Å². The van der Waals surface area contributed by atoms with E-state index < -0.39 is 5.60 Å². The topological polar surface area (TPSA) is 69.8 Å². The first-order valence-corrected chi connectivity index (χ1v) is 8.59. The number of piperidine rings is 1. The molecule has 134 valence electrons. The van der Waals surface area contributed by atoms with Crippen LogP contribution in [0.25, 0.3) is 0 Å². The first-order chi connectivity index (χ1) is 11.0. The molecule has 5 nitrogen and oxygen atoms in total. The maximum absolute atomic E-state index is 13.0. The van der Waals surface area contributed by atoms with Gasteiger partial charge in [-0.3, -0.25) is 4.79 Å². The second-order valence-electron chi connectivity index (χ2n) is 8.31. The van der Waals surface area contributed by atoms with Crippen LogP contribution in [0.1, 0.15) is 49.5 Å². The molecule has 1 amide bonds. The molecule has 1 unspecified atom stereocenters. The molecule has 1 fully saturated rings. The Morgan fingerprint density at radius 1 is 1.38 bits per heavy atom. The summed E-state index contributed by atoms with van der Waals surface area (Å²) in [6, 6.07) is 5.65. The van der Waals surface area contributed by atoms with E-state index in [1.807, 2.05) is 31.1 Å². The van der Waals surface area contributed by atoms with Crippen molar-refractivity contribution in [2.45, 2.75) is 44.6 Å². The molecular weight excluding hydrogens is 302 g/mol. The molecule has 1 atom stereocenters. The standard InChI is InChI=1S/C19H31N3O2/c1-18(2,3)15-9-6-8-14(16(15)20)17(23)22-11-7-10-19(24,13-22)12-21(4)5/h6,8-9,24H,7,10-13,20H2,1-5H3. The summed E-state index contributed by atoms with van der Waals surface area (Å²) in [5, 5.41) is 10.8. The van der Waals surface area contributed by atoms with Gasteiger partial charge in [0.1, 0.15) is 0 Å². The molecule has 0 bridgehead atoms. The van der Waals surface area contributed by atoms with Gasteiger partial charge in [-0.25, -0.2) is 0 Å². The van der Waals surface area contributed by atoms with Gasteiger partial charge in [0.05, 0.1) is 17.7 Å². The highest BCUT2D eigenvalue weighted by Crippen LogP contribution is 2.31. The molecule has 1 aromatic rings. The number of para-hydroxylation sites is 1. The SMILES string of the molecule is CN(C)CC1(O)CCCN(C(=O)c2cccc(C(C)(C)C)c2N)C1. The Kier molecular flexibility index (Phi) is 5.25. The summed E-state index contributed by atoms with van der Waals surface area (Å²) in [7, 11) is 3.87. The van der Waals surface area contributed by atoms with E-state index in [4.69, 9.17) is 5.73 Å². The third-order valence-electron chi connectivity index (χ3n) is 4.60. The predicted molar refractivity (Wildman–Crippen MR) is 98.2 cm³/mol. The second kappa shape index (κ2) is 6.73. The van der Waals surface area contributed by atoms with Gasteiger partial charge in [-0.05, 0) is 44.0 Å². The Balaban J connectivity index is 2.26. The van der Waals surface area contributed by atoms with Crippen molar-refractivity contribution < 1.29 is 9.90 Å². The molecule has 5 heteroatoms. The van der Waals surface area contributed by atoms with Crippen LogP contribution in [-0.2, 0) is 5.41 Å². The summed E-state index contributed by atoms with van der Waals surface area (Å²) in [6.07, 6.45) is 1.52. The fraction of sp³-hybridized carbons (Fsp3) is 0.632. The number of nitrogens with zero attached hydrogens (tertiary/aromatic N) is 2. The van der Waals surface area contributed by atoms with Crippen molar-refractivity contribution in [3.63, 3.8) is 0 Å².